The minimum Gasteiger partial charge on any atom is -0.302 e. The summed E-state index contributed by atoms with van der Waals surface area (Å²) >= 11 is 2.86. The van der Waals surface area contributed by atoms with Crippen molar-refractivity contribution in [2.24, 2.45) is 0 Å². The average molecular weight is 273 g/mol. The third-order valence-electron chi connectivity index (χ3n) is 2.62. The van der Waals surface area contributed by atoms with Crippen LogP contribution in [-0.4, -0.2) is 46.2 Å². The lowest BCUT2D eigenvalue weighted by Crippen LogP contribution is -2.25. The number of thioether (sulfide) groups is 1. The van der Waals surface area contributed by atoms with Gasteiger partial charge in [-0.3, -0.25) is 4.39 Å². The third kappa shape index (κ3) is 3.50. The van der Waals surface area contributed by atoms with E-state index in [9.17, 15) is 4.39 Å². The van der Waals surface area contributed by atoms with E-state index in [1.807, 2.05) is 0 Å². The van der Waals surface area contributed by atoms with Gasteiger partial charge in [-0.15, -0.1) is 11.8 Å². The van der Waals surface area contributed by atoms with Gasteiger partial charge in [0.15, 0.2) is 0 Å². The first-order chi connectivity index (χ1) is 8.31. The maximum absolute atomic E-state index is 12.1. The van der Waals surface area contributed by atoms with Gasteiger partial charge in [-0.2, -0.15) is 8.75 Å². The molecule has 0 saturated carbocycles. The fourth-order valence-electron chi connectivity index (χ4n) is 1.76. The Morgan fingerprint density at radius 3 is 3.18 bits per heavy atom. The molecule has 6 heteroatoms. The highest BCUT2D eigenvalue weighted by atomic mass is 32.2. The summed E-state index contributed by atoms with van der Waals surface area (Å²) in [6, 6.07) is 0. The van der Waals surface area contributed by atoms with Crippen molar-refractivity contribution >= 4 is 29.1 Å². The summed E-state index contributed by atoms with van der Waals surface area (Å²) in [6.07, 6.45) is 3.90. The quantitative estimate of drug-likeness (QED) is 0.609. The van der Waals surface area contributed by atoms with Gasteiger partial charge >= 0.3 is 0 Å². The highest BCUT2D eigenvalue weighted by Gasteiger charge is 2.17. The lowest BCUT2D eigenvalue weighted by atomic mass is 10.1. The van der Waals surface area contributed by atoms with E-state index in [1.54, 1.807) is 11.8 Å². The summed E-state index contributed by atoms with van der Waals surface area (Å²) in [7, 11) is 2.11. The van der Waals surface area contributed by atoms with Gasteiger partial charge in [-0.25, -0.2) is 0 Å². The zero-order valence-corrected chi connectivity index (χ0v) is 11.5. The van der Waals surface area contributed by atoms with E-state index < -0.39 is 0 Å². The maximum atomic E-state index is 12.1. The monoisotopic (exact) mass is 273 g/mol. The van der Waals surface area contributed by atoms with Crippen molar-refractivity contribution in [3.8, 4) is 0 Å². The highest BCUT2D eigenvalue weighted by Crippen LogP contribution is 2.28. The summed E-state index contributed by atoms with van der Waals surface area (Å²) in [4.78, 5) is 2.28. The highest BCUT2D eigenvalue weighted by molar-refractivity contribution is 7.99. The molecule has 0 atom stereocenters. The van der Waals surface area contributed by atoms with Gasteiger partial charge in [0, 0.05) is 18.8 Å². The number of aromatic nitrogens is 2. The van der Waals surface area contributed by atoms with E-state index in [-0.39, 0.29) is 6.67 Å². The summed E-state index contributed by atoms with van der Waals surface area (Å²) < 4.78 is 20.7. The molecule has 0 saturated heterocycles. The van der Waals surface area contributed by atoms with E-state index in [4.69, 9.17) is 0 Å². The largest absolute Gasteiger partial charge is 0.302 e. The number of likely N-dealkylation sites (N-methyl/N-ethyl adjacent to an activating group) is 1. The van der Waals surface area contributed by atoms with Gasteiger partial charge in [0.2, 0.25) is 0 Å². The number of halogens is 1. The number of hydrogen-bond acceptors (Lipinski definition) is 5. The molecule has 2 rings (SSSR count). The maximum Gasteiger partial charge on any atom is 0.138 e. The SMILES string of the molecule is CN1CCC=C(c2nsnc2SCCCF)C1. The molecular weight excluding hydrogens is 257 g/mol. The first-order valence-electron chi connectivity index (χ1n) is 5.70. The molecular formula is C11H16FN3S2. The predicted octanol–water partition coefficient (Wildman–Crippen LogP) is 2.71. The molecule has 1 aromatic rings. The molecule has 1 aliphatic heterocycles. The second kappa shape index (κ2) is 6.47. The Labute approximate surface area is 109 Å². The number of rotatable bonds is 5. The molecule has 0 aromatic carbocycles. The Balaban J connectivity index is 2.05. The van der Waals surface area contributed by atoms with Crippen LogP contribution in [0.15, 0.2) is 11.1 Å². The van der Waals surface area contributed by atoms with Crippen molar-refractivity contribution in [2.75, 3.05) is 32.6 Å². The molecule has 0 radical (unpaired) electrons. The van der Waals surface area contributed by atoms with Crippen molar-refractivity contribution in [2.45, 2.75) is 17.9 Å². The average Bonchev–Trinajstić information content (AvgIpc) is 2.78. The molecule has 2 heterocycles. The second-order valence-electron chi connectivity index (χ2n) is 4.06. The van der Waals surface area contributed by atoms with Crippen LogP contribution in [0.5, 0.6) is 0 Å². The molecule has 1 aliphatic rings. The first-order valence-corrected chi connectivity index (χ1v) is 7.42. The van der Waals surface area contributed by atoms with Crippen LogP contribution in [-0.2, 0) is 0 Å². The van der Waals surface area contributed by atoms with Crippen molar-refractivity contribution in [1.82, 2.24) is 13.6 Å². The third-order valence-corrected chi connectivity index (χ3v) is 4.32. The van der Waals surface area contributed by atoms with Gasteiger partial charge in [-0.05, 0) is 25.5 Å². The molecule has 0 amide bonds. The van der Waals surface area contributed by atoms with E-state index >= 15 is 0 Å². The first kappa shape index (κ1) is 13.0. The second-order valence-corrected chi connectivity index (χ2v) is 5.68. The van der Waals surface area contributed by atoms with Crippen LogP contribution in [0.2, 0.25) is 0 Å². The molecule has 3 nitrogen and oxygen atoms in total. The van der Waals surface area contributed by atoms with Gasteiger partial charge in [0.05, 0.1) is 18.4 Å². The zero-order valence-electron chi connectivity index (χ0n) is 9.86. The van der Waals surface area contributed by atoms with E-state index in [0.717, 1.165) is 36.0 Å². The van der Waals surface area contributed by atoms with Gasteiger partial charge in [0.25, 0.3) is 0 Å². The van der Waals surface area contributed by atoms with Crippen LogP contribution in [0.1, 0.15) is 18.5 Å². The fraction of sp³-hybridized carbons (Fsp3) is 0.636. The Morgan fingerprint density at radius 1 is 1.53 bits per heavy atom. The number of nitrogens with zero attached hydrogens (tertiary/aromatic N) is 3. The lowest BCUT2D eigenvalue weighted by molar-refractivity contribution is 0.372. The minimum atomic E-state index is -0.259. The van der Waals surface area contributed by atoms with Crippen LogP contribution >= 0.6 is 23.5 Å². The van der Waals surface area contributed by atoms with Gasteiger partial charge in [-0.1, -0.05) is 6.08 Å². The normalized spacial score (nSPS) is 17.2. The summed E-state index contributed by atoms with van der Waals surface area (Å²) in [5, 5.41) is 0.963. The summed E-state index contributed by atoms with van der Waals surface area (Å²) in [6.45, 7) is 1.78. The molecule has 94 valence electrons. The summed E-state index contributed by atoms with van der Waals surface area (Å²) in [5.41, 5.74) is 2.26. The van der Waals surface area contributed by atoms with Crippen molar-refractivity contribution in [3.05, 3.63) is 11.8 Å². The number of hydrogen-bond donors (Lipinski definition) is 0. The zero-order chi connectivity index (χ0) is 12.1. The van der Waals surface area contributed by atoms with Crippen LogP contribution in [0, 0.1) is 0 Å². The van der Waals surface area contributed by atoms with Gasteiger partial charge in [0.1, 0.15) is 10.7 Å². The molecule has 0 spiro atoms. The molecule has 0 unspecified atom stereocenters. The number of alkyl halides is 1. The Bertz CT molecular complexity index is 392. The van der Waals surface area contributed by atoms with Crippen LogP contribution in [0.4, 0.5) is 4.39 Å². The van der Waals surface area contributed by atoms with E-state index in [2.05, 4.69) is 26.8 Å². The smallest absolute Gasteiger partial charge is 0.138 e. The molecule has 1 aromatic heterocycles. The molecule has 17 heavy (non-hydrogen) atoms. The van der Waals surface area contributed by atoms with E-state index in [1.165, 1.54) is 17.3 Å². The Morgan fingerprint density at radius 2 is 2.41 bits per heavy atom. The van der Waals surface area contributed by atoms with Crippen molar-refractivity contribution in [1.29, 1.82) is 0 Å². The Kier molecular flexibility index (Phi) is 4.94. The van der Waals surface area contributed by atoms with Crippen LogP contribution in [0.25, 0.3) is 5.57 Å². The van der Waals surface area contributed by atoms with Crippen LogP contribution in [0.3, 0.4) is 0 Å². The summed E-state index contributed by atoms with van der Waals surface area (Å²) in [5.74, 6) is 0.776. The fourth-order valence-corrected chi connectivity index (χ4v) is 3.38. The molecule has 0 bridgehead atoms. The molecule has 0 N–H and O–H groups in total. The molecule has 0 aliphatic carbocycles. The van der Waals surface area contributed by atoms with E-state index in [0.29, 0.717) is 6.42 Å². The Hall–Kier alpha value is -0.460. The topological polar surface area (TPSA) is 29.0 Å². The van der Waals surface area contributed by atoms with Crippen molar-refractivity contribution in [3.63, 3.8) is 0 Å². The van der Waals surface area contributed by atoms with Crippen LogP contribution < -0.4 is 0 Å². The van der Waals surface area contributed by atoms with Gasteiger partial charge < -0.3 is 4.90 Å². The molecule has 0 fully saturated rings. The predicted molar refractivity (Wildman–Crippen MR) is 71.3 cm³/mol. The minimum absolute atomic E-state index is 0.259. The standard InChI is InChI=1S/C11H16FN3S2/c1-15-6-2-4-9(8-15)10-11(14-17-13-10)16-7-3-5-12/h4H,2-3,5-8H2,1H3. The van der Waals surface area contributed by atoms with Crippen molar-refractivity contribution < 1.29 is 4.39 Å². The lowest BCUT2D eigenvalue weighted by Gasteiger charge is -2.22.